The van der Waals surface area contributed by atoms with E-state index >= 15 is 0 Å². The SMILES string of the molecule is COc1ccc2c(c1)CC[C@@H]1[C@@H]2CC[C@]2(C)C(=O)N(C)C[C@@H]12. The number of ether oxygens (including phenoxy) is 1. The van der Waals surface area contributed by atoms with E-state index in [1.165, 1.54) is 17.5 Å². The fourth-order valence-corrected chi connectivity index (χ4v) is 5.42. The van der Waals surface area contributed by atoms with Crippen LogP contribution in [-0.2, 0) is 11.2 Å². The Morgan fingerprint density at radius 2 is 2.14 bits per heavy atom. The maximum atomic E-state index is 12.6. The van der Waals surface area contributed by atoms with Crippen molar-refractivity contribution in [2.75, 3.05) is 20.7 Å². The highest BCUT2D eigenvalue weighted by molar-refractivity contribution is 5.85. The lowest BCUT2D eigenvalue weighted by molar-refractivity contribution is -0.137. The highest BCUT2D eigenvalue weighted by Crippen LogP contribution is 2.57. The van der Waals surface area contributed by atoms with Crippen LogP contribution >= 0.6 is 0 Å². The van der Waals surface area contributed by atoms with Crippen molar-refractivity contribution in [2.45, 2.75) is 38.5 Å². The van der Waals surface area contributed by atoms with Gasteiger partial charge in [-0.15, -0.1) is 0 Å². The molecule has 0 N–H and O–H groups in total. The topological polar surface area (TPSA) is 29.5 Å². The molecule has 22 heavy (non-hydrogen) atoms. The first kappa shape index (κ1) is 14.1. The molecule has 118 valence electrons. The molecule has 0 spiro atoms. The molecular weight excluding hydrogens is 274 g/mol. The molecule has 4 atom stereocenters. The van der Waals surface area contributed by atoms with Crippen molar-refractivity contribution in [3.05, 3.63) is 29.3 Å². The second-order valence-electron chi connectivity index (χ2n) is 7.62. The maximum absolute atomic E-state index is 12.6. The van der Waals surface area contributed by atoms with Crippen molar-refractivity contribution in [1.29, 1.82) is 0 Å². The van der Waals surface area contributed by atoms with E-state index < -0.39 is 0 Å². The monoisotopic (exact) mass is 299 g/mol. The Balaban J connectivity index is 1.70. The van der Waals surface area contributed by atoms with Gasteiger partial charge < -0.3 is 9.64 Å². The molecule has 0 bridgehead atoms. The highest BCUT2D eigenvalue weighted by Gasteiger charge is 2.56. The Morgan fingerprint density at radius 1 is 1.32 bits per heavy atom. The van der Waals surface area contributed by atoms with Crippen molar-refractivity contribution in [2.24, 2.45) is 17.3 Å². The van der Waals surface area contributed by atoms with Gasteiger partial charge in [-0.25, -0.2) is 0 Å². The second kappa shape index (κ2) is 4.74. The van der Waals surface area contributed by atoms with Gasteiger partial charge in [0.1, 0.15) is 5.75 Å². The molecule has 3 heteroatoms. The average molecular weight is 299 g/mol. The number of carbonyl (C=O) groups excluding carboxylic acids is 1. The lowest BCUT2D eigenvalue weighted by Crippen LogP contribution is -2.43. The molecule has 2 aliphatic carbocycles. The highest BCUT2D eigenvalue weighted by atomic mass is 16.5. The quantitative estimate of drug-likeness (QED) is 0.797. The van der Waals surface area contributed by atoms with Crippen molar-refractivity contribution in [1.82, 2.24) is 4.90 Å². The second-order valence-corrected chi connectivity index (χ2v) is 7.62. The lowest BCUT2D eigenvalue weighted by atomic mass is 9.55. The molecular formula is C19H25NO2. The van der Waals surface area contributed by atoms with Crippen LogP contribution in [0.5, 0.6) is 5.75 Å². The Kier molecular flexibility index (Phi) is 3.04. The van der Waals surface area contributed by atoms with E-state index in [4.69, 9.17) is 4.74 Å². The summed E-state index contributed by atoms with van der Waals surface area (Å²) in [6, 6.07) is 6.58. The molecule has 0 unspecified atom stereocenters. The van der Waals surface area contributed by atoms with Crippen molar-refractivity contribution < 1.29 is 9.53 Å². The molecule has 4 rings (SSSR count). The maximum Gasteiger partial charge on any atom is 0.228 e. The molecule has 1 aliphatic heterocycles. The van der Waals surface area contributed by atoms with Crippen LogP contribution in [0.4, 0.5) is 0 Å². The van der Waals surface area contributed by atoms with Gasteiger partial charge in [0.05, 0.1) is 12.5 Å². The zero-order valence-electron chi connectivity index (χ0n) is 13.8. The largest absolute Gasteiger partial charge is 0.497 e. The van der Waals surface area contributed by atoms with E-state index in [2.05, 4.69) is 25.1 Å². The average Bonchev–Trinajstić information content (AvgIpc) is 2.77. The summed E-state index contributed by atoms with van der Waals surface area (Å²) >= 11 is 0. The number of rotatable bonds is 1. The van der Waals surface area contributed by atoms with Gasteiger partial charge in [0.25, 0.3) is 0 Å². The molecule has 3 nitrogen and oxygen atoms in total. The van der Waals surface area contributed by atoms with Gasteiger partial charge in [-0.1, -0.05) is 13.0 Å². The van der Waals surface area contributed by atoms with Crippen LogP contribution in [0.15, 0.2) is 18.2 Å². The first-order chi connectivity index (χ1) is 10.5. The van der Waals surface area contributed by atoms with Crippen LogP contribution in [0.25, 0.3) is 0 Å². The third-order valence-corrected chi connectivity index (χ3v) is 6.63. The number of carbonyl (C=O) groups is 1. The van der Waals surface area contributed by atoms with Gasteiger partial charge in [0.2, 0.25) is 5.91 Å². The predicted octanol–water partition coefficient (Wildman–Crippen LogP) is 3.23. The number of aryl methyl sites for hydroxylation is 1. The molecule has 3 aliphatic rings. The van der Waals surface area contributed by atoms with E-state index in [0.29, 0.717) is 23.7 Å². The summed E-state index contributed by atoms with van der Waals surface area (Å²) in [4.78, 5) is 14.5. The summed E-state index contributed by atoms with van der Waals surface area (Å²) in [6.45, 7) is 3.16. The third-order valence-electron chi connectivity index (χ3n) is 6.63. The van der Waals surface area contributed by atoms with Crippen molar-refractivity contribution >= 4 is 5.91 Å². The Bertz CT molecular complexity index is 626. The normalized spacial score (nSPS) is 36.6. The van der Waals surface area contributed by atoms with Gasteiger partial charge in [-0.3, -0.25) is 4.79 Å². The number of hydrogen-bond acceptors (Lipinski definition) is 2. The zero-order valence-corrected chi connectivity index (χ0v) is 13.8. The van der Waals surface area contributed by atoms with E-state index in [0.717, 1.165) is 31.6 Å². The van der Waals surface area contributed by atoms with Gasteiger partial charge in [0, 0.05) is 13.6 Å². The summed E-state index contributed by atoms with van der Waals surface area (Å²) in [5, 5.41) is 0. The zero-order chi connectivity index (χ0) is 15.5. The number of methoxy groups -OCH3 is 1. The van der Waals surface area contributed by atoms with E-state index in [1.807, 2.05) is 11.9 Å². The Hall–Kier alpha value is -1.51. The first-order valence-electron chi connectivity index (χ1n) is 8.47. The van der Waals surface area contributed by atoms with E-state index in [1.54, 1.807) is 7.11 Å². The minimum atomic E-state index is -0.111. The number of benzene rings is 1. The third kappa shape index (κ3) is 1.77. The molecule has 1 amide bonds. The minimum absolute atomic E-state index is 0.111. The fourth-order valence-electron chi connectivity index (χ4n) is 5.42. The van der Waals surface area contributed by atoms with Crippen LogP contribution in [0.1, 0.15) is 43.2 Å². The summed E-state index contributed by atoms with van der Waals surface area (Å²) in [7, 11) is 3.71. The summed E-state index contributed by atoms with van der Waals surface area (Å²) < 4.78 is 5.38. The predicted molar refractivity (Wildman–Crippen MR) is 86.0 cm³/mol. The van der Waals surface area contributed by atoms with Crippen LogP contribution in [-0.4, -0.2) is 31.5 Å². The minimum Gasteiger partial charge on any atom is -0.497 e. The molecule has 1 aromatic rings. The van der Waals surface area contributed by atoms with Crippen molar-refractivity contribution in [3.8, 4) is 5.75 Å². The number of amides is 1. The van der Waals surface area contributed by atoms with Crippen LogP contribution in [0.3, 0.4) is 0 Å². The summed E-state index contributed by atoms with van der Waals surface area (Å²) in [5.41, 5.74) is 2.86. The number of hydrogen-bond donors (Lipinski definition) is 0. The number of likely N-dealkylation sites (tertiary alicyclic amines) is 1. The summed E-state index contributed by atoms with van der Waals surface area (Å²) in [5.74, 6) is 3.16. The summed E-state index contributed by atoms with van der Waals surface area (Å²) in [6.07, 6.45) is 4.52. The van der Waals surface area contributed by atoms with Crippen LogP contribution in [0.2, 0.25) is 0 Å². The fraction of sp³-hybridized carbons (Fsp3) is 0.632. The molecule has 1 saturated heterocycles. The molecule has 0 aromatic heterocycles. The standard InChI is InChI=1S/C19H25NO2/c1-19-9-8-15-14-7-5-13(22-3)10-12(14)4-6-16(15)17(19)11-20(2)18(19)21/h5,7,10,15-17H,4,6,8-9,11H2,1-3H3/t15-,16-,17+,19+/m1/s1. The lowest BCUT2D eigenvalue weighted by Gasteiger charge is -2.47. The number of nitrogens with zero attached hydrogens (tertiary/aromatic N) is 1. The number of fused-ring (bicyclic) bond motifs is 5. The van der Waals surface area contributed by atoms with Gasteiger partial charge in [0.15, 0.2) is 0 Å². The molecule has 1 saturated carbocycles. The van der Waals surface area contributed by atoms with Gasteiger partial charge >= 0.3 is 0 Å². The molecule has 0 radical (unpaired) electrons. The smallest absolute Gasteiger partial charge is 0.228 e. The van der Waals surface area contributed by atoms with Crippen LogP contribution in [0, 0.1) is 17.3 Å². The van der Waals surface area contributed by atoms with Crippen LogP contribution < -0.4 is 4.74 Å². The van der Waals surface area contributed by atoms with Gasteiger partial charge in [-0.05, 0) is 66.7 Å². The van der Waals surface area contributed by atoms with E-state index in [9.17, 15) is 4.79 Å². The molecule has 1 heterocycles. The first-order valence-corrected chi connectivity index (χ1v) is 8.47. The Morgan fingerprint density at radius 3 is 2.91 bits per heavy atom. The molecule has 2 fully saturated rings. The van der Waals surface area contributed by atoms with E-state index in [-0.39, 0.29) is 5.41 Å². The Labute approximate surface area is 132 Å². The van der Waals surface area contributed by atoms with Gasteiger partial charge in [-0.2, -0.15) is 0 Å². The van der Waals surface area contributed by atoms with Crippen molar-refractivity contribution in [3.63, 3.8) is 0 Å². The molecule has 1 aromatic carbocycles.